The van der Waals surface area contributed by atoms with Crippen LogP contribution in [0.15, 0.2) is 72.8 Å². The lowest BCUT2D eigenvalue weighted by Gasteiger charge is -2.33. The third-order valence-electron chi connectivity index (χ3n) is 9.04. The van der Waals surface area contributed by atoms with Crippen molar-refractivity contribution in [3.8, 4) is 0 Å². The van der Waals surface area contributed by atoms with Crippen molar-refractivity contribution in [2.24, 2.45) is 17.3 Å². The molecule has 5 rings (SSSR count). The lowest BCUT2D eigenvalue weighted by atomic mass is 9.95. The van der Waals surface area contributed by atoms with E-state index in [1.807, 2.05) is 77.7 Å². The van der Waals surface area contributed by atoms with Crippen LogP contribution in [0.3, 0.4) is 0 Å². The van der Waals surface area contributed by atoms with Gasteiger partial charge in [-0.05, 0) is 36.1 Å². The number of urea groups is 1. The van der Waals surface area contributed by atoms with E-state index in [2.05, 4.69) is 5.32 Å². The van der Waals surface area contributed by atoms with E-state index in [4.69, 9.17) is 43.1 Å². The quantitative estimate of drug-likeness (QED) is 0.0907. The Labute approximate surface area is 309 Å². The Balaban J connectivity index is 1.03. The first-order chi connectivity index (χ1) is 25.3. The largest absolute Gasteiger partial charge is 0.396 e. The van der Waals surface area contributed by atoms with Gasteiger partial charge in [0.2, 0.25) is 11.8 Å². The van der Waals surface area contributed by atoms with Gasteiger partial charge in [-0.2, -0.15) is 0 Å². The molecule has 1 atom stereocenters. The number of amides is 4. The molecule has 0 saturated carbocycles. The van der Waals surface area contributed by atoms with E-state index < -0.39 is 5.91 Å². The summed E-state index contributed by atoms with van der Waals surface area (Å²) in [5, 5.41) is 5.19. The number of fused-ring (bicyclic) bond motifs is 2. The molecule has 1 saturated heterocycles. The average molecular weight is 734 g/mol. The zero-order valence-electron chi connectivity index (χ0n) is 29.3. The van der Waals surface area contributed by atoms with Crippen LogP contribution in [0.4, 0.5) is 10.5 Å². The van der Waals surface area contributed by atoms with Gasteiger partial charge in [0.1, 0.15) is 0 Å². The van der Waals surface area contributed by atoms with Crippen molar-refractivity contribution < 1.29 is 28.6 Å². The minimum Gasteiger partial charge on any atom is -0.396 e. The van der Waals surface area contributed by atoms with E-state index in [1.54, 1.807) is 9.91 Å². The Hall–Kier alpha value is -4.66. The molecule has 2 heterocycles. The first-order valence-corrected chi connectivity index (χ1v) is 17.9. The molecule has 0 aromatic heterocycles. The number of nitrogens with zero attached hydrogens (tertiary/aromatic N) is 3. The summed E-state index contributed by atoms with van der Waals surface area (Å²) in [6.07, 6.45) is 1.78. The highest BCUT2D eigenvalue weighted by Crippen LogP contribution is 2.37. The van der Waals surface area contributed by atoms with Gasteiger partial charge >= 0.3 is 6.03 Å². The molecule has 0 bridgehead atoms. The predicted molar refractivity (Wildman–Crippen MR) is 200 cm³/mol. The number of hydrogen-bond donors (Lipinski definition) is 4. The molecule has 3 aromatic rings. The van der Waals surface area contributed by atoms with Crippen molar-refractivity contribution >= 4 is 46.5 Å². The standard InChI is InChI=1S/C38H48ClN7O6/c39-31-12-5-3-10-29(31)32-14-7-18-44(32)38(49)43-17-20-50-22-24-52-25-23-51-21-19-46(42)37-28-9-2-1-8-27(28)26-45(35(48)16-15-34(40)47)33-13-6-4-11-30(33)36(37)41/h1-6,8-13,32H,7,14-26,41-42H2,(H2,40,47)(H,43,49)/b37-36-. The van der Waals surface area contributed by atoms with E-state index in [1.165, 1.54) is 0 Å². The maximum Gasteiger partial charge on any atom is 0.317 e. The number of likely N-dealkylation sites (tertiary alicyclic amines) is 1. The Morgan fingerprint density at radius 2 is 1.50 bits per heavy atom. The first kappa shape index (κ1) is 38.6. The van der Waals surface area contributed by atoms with Gasteiger partial charge in [0.25, 0.3) is 0 Å². The molecule has 0 aliphatic carbocycles. The summed E-state index contributed by atoms with van der Waals surface area (Å²) in [4.78, 5) is 41.0. The Bertz CT molecular complexity index is 1720. The number of para-hydroxylation sites is 1. The van der Waals surface area contributed by atoms with Crippen LogP contribution in [-0.4, -0.2) is 87.0 Å². The summed E-state index contributed by atoms with van der Waals surface area (Å²) in [6.45, 7) is 3.93. The van der Waals surface area contributed by atoms with Crippen molar-refractivity contribution in [3.05, 3.63) is 100 Å². The Kier molecular flexibility index (Phi) is 14.3. The number of halogens is 1. The normalized spacial score (nSPS) is 16.8. The molecule has 3 aromatic carbocycles. The number of carbonyl (C=O) groups excluding carboxylic acids is 3. The molecule has 7 N–H and O–H groups in total. The van der Waals surface area contributed by atoms with Gasteiger partial charge in [0, 0.05) is 42.1 Å². The third kappa shape index (κ3) is 10.0. The molecule has 4 amide bonds. The molecule has 2 aliphatic heterocycles. The highest BCUT2D eigenvalue weighted by atomic mass is 35.5. The number of carbonyl (C=O) groups is 3. The highest BCUT2D eigenvalue weighted by molar-refractivity contribution is 6.31. The summed E-state index contributed by atoms with van der Waals surface area (Å²) < 4.78 is 17.1. The average Bonchev–Trinajstić information content (AvgIpc) is 3.63. The van der Waals surface area contributed by atoms with Crippen molar-refractivity contribution in [3.63, 3.8) is 0 Å². The molecule has 1 unspecified atom stereocenters. The number of benzene rings is 3. The number of ether oxygens (including phenoxy) is 3. The zero-order chi connectivity index (χ0) is 36.9. The zero-order valence-corrected chi connectivity index (χ0v) is 30.1. The topological polar surface area (TPSA) is 179 Å². The Morgan fingerprint density at radius 1 is 0.846 bits per heavy atom. The van der Waals surface area contributed by atoms with E-state index in [9.17, 15) is 14.4 Å². The van der Waals surface area contributed by atoms with Crippen molar-refractivity contribution in [1.29, 1.82) is 0 Å². The highest BCUT2D eigenvalue weighted by Gasteiger charge is 2.31. The fourth-order valence-electron chi connectivity index (χ4n) is 6.48. The molecule has 0 radical (unpaired) electrons. The molecule has 1 fully saturated rings. The second kappa shape index (κ2) is 19.3. The fraction of sp³-hybridized carbons (Fsp3) is 0.395. The molecule has 2 aliphatic rings. The van der Waals surface area contributed by atoms with Crippen LogP contribution < -0.4 is 27.5 Å². The maximum atomic E-state index is 13.3. The number of rotatable bonds is 17. The molecule has 14 heteroatoms. The second-order valence-electron chi connectivity index (χ2n) is 12.5. The van der Waals surface area contributed by atoms with Gasteiger partial charge in [-0.3, -0.25) is 9.59 Å². The fourth-order valence-corrected chi connectivity index (χ4v) is 6.74. The minimum atomic E-state index is -0.534. The van der Waals surface area contributed by atoms with Gasteiger partial charge in [-0.25, -0.2) is 10.6 Å². The molecule has 278 valence electrons. The Morgan fingerprint density at radius 3 is 2.25 bits per heavy atom. The lowest BCUT2D eigenvalue weighted by molar-refractivity contribution is -0.123. The molecule has 13 nitrogen and oxygen atoms in total. The lowest BCUT2D eigenvalue weighted by Crippen LogP contribution is -2.40. The van der Waals surface area contributed by atoms with E-state index >= 15 is 0 Å². The monoisotopic (exact) mass is 733 g/mol. The van der Waals surface area contributed by atoms with Crippen LogP contribution in [0.25, 0.3) is 11.4 Å². The summed E-state index contributed by atoms with van der Waals surface area (Å²) in [5.41, 5.74) is 17.1. The van der Waals surface area contributed by atoms with E-state index in [0.717, 1.165) is 29.5 Å². The van der Waals surface area contributed by atoms with Crippen molar-refractivity contribution in [2.75, 3.05) is 64.2 Å². The van der Waals surface area contributed by atoms with Crippen LogP contribution in [-0.2, 0) is 30.3 Å². The molecular weight excluding hydrogens is 686 g/mol. The molecular formula is C38H48ClN7O6. The van der Waals surface area contributed by atoms with Crippen molar-refractivity contribution in [2.45, 2.75) is 38.3 Å². The van der Waals surface area contributed by atoms with Crippen LogP contribution >= 0.6 is 11.6 Å². The number of anilines is 1. The first-order valence-electron chi connectivity index (χ1n) is 17.6. The second-order valence-corrected chi connectivity index (χ2v) is 12.9. The summed E-state index contributed by atoms with van der Waals surface area (Å²) in [7, 11) is 0. The third-order valence-corrected chi connectivity index (χ3v) is 9.38. The van der Waals surface area contributed by atoms with Gasteiger partial charge in [0.05, 0.1) is 75.9 Å². The number of nitrogens with one attached hydrogen (secondary N) is 1. The number of hydrogen-bond acceptors (Lipinski definition) is 9. The van der Waals surface area contributed by atoms with E-state index in [0.29, 0.717) is 86.9 Å². The van der Waals surface area contributed by atoms with Crippen LogP contribution in [0.1, 0.15) is 54.0 Å². The predicted octanol–water partition coefficient (Wildman–Crippen LogP) is 4.01. The number of primary amides is 1. The minimum absolute atomic E-state index is 0.00905. The summed E-state index contributed by atoms with van der Waals surface area (Å²) >= 11 is 6.38. The number of nitrogens with two attached hydrogens (primary N) is 3. The van der Waals surface area contributed by atoms with Crippen LogP contribution in [0.5, 0.6) is 0 Å². The molecule has 52 heavy (non-hydrogen) atoms. The maximum absolute atomic E-state index is 13.3. The van der Waals surface area contributed by atoms with Crippen LogP contribution in [0, 0.1) is 0 Å². The van der Waals surface area contributed by atoms with E-state index in [-0.39, 0.29) is 37.4 Å². The summed E-state index contributed by atoms with van der Waals surface area (Å²) in [6, 6.07) is 22.5. The summed E-state index contributed by atoms with van der Waals surface area (Å²) in [5.74, 6) is 5.86. The van der Waals surface area contributed by atoms with Gasteiger partial charge in [-0.15, -0.1) is 0 Å². The van der Waals surface area contributed by atoms with Gasteiger partial charge in [0.15, 0.2) is 0 Å². The van der Waals surface area contributed by atoms with Gasteiger partial charge < -0.3 is 45.8 Å². The molecule has 0 spiro atoms. The van der Waals surface area contributed by atoms with Gasteiger partial charge in [-0.1, -0.05) is 72.3 Å². The SMILES string of the molecule is NC(=O)CCC(=O)N1Cc2ccccc2/C(N(N)CCOCCOCCOCCNC(=O)N2CCCC2c2ccccc2Cl)=C(/N)c2ccccc21. The van der Waals surface area contributed by atoms with Crippen LogP contribution in [0.2, 0.25) is 5.02 Å². The van der Waals surface area contributed by atoms with Crippen molar-refractivity contribution in [1.82, 2.24) is 15.2 Å². The smallest absolute Gasteiger partial charge is 0.317 e. The number of hydrazine groups is 1.